The Balaban J connectivity index is 1.77. The van der Waals surface area contributed by atoms with Crippen LogP contribution in [0.5, 0.6) is 0 Å². The van der Waals surface area contributed by atoms with E-state index in [0.29, 0.717) is 6.54 Å². The first-order chi connectivity index (χ1) is 10.7. The SMILES string of the molecule is CCc1c(NCc2nn(-c3ccccc3)nc2C)n[nH]c1C. The molecule has 0 fully saturated rings. The summed E-state index contributed by atoms with van der Waals surface area (Å²) in [6.07, 6.45) is 0.945. The van der Waals surface area contributed by atoms with Crippen molar-refractivity contribution >= 4 is 5.82 Å². The highest BCUT2D eigenvalue weighted by atomic mass is 15.5. The summed E-state index contributed by atoms with van der Waals surface area (Å²) in [6.45, 7) is 6.74. The molecule has 0 atom stereocenters. The maximum atomic E-state index is 4.56. The van der Waals surface area contributed by atoms with Crippen molar-refractivity contribution in [1.29, 1.82) is 0 Å². The Morgan fingerprint density at radius 1 is 1.14 bits per heavy atom. The summed E-state index contributed by atoms with van der Waals surface area (Å²) in [4.78, 5) is 1.67. The van der Waals surface area contributed by atoms with Crippen molar-refractivity contribution in [1.82, 2.24) is 25.2 Å². The van der Waals surface area contributed by atoms with E-state index >= 15 is 0 Å². The molecule has 0 amide bonds. The van der Waals surface area contributed by atoms with Crippen LogP contribution in [0.2, 0.25) is 0 Å². The van der Waals surface area contributed by atoms with E-state index in [0.717, 1.165) is 35.0 Å². The summed E-state index contributed by atoms with van der Waals surface area (Å²) in [7, 11) is 0. The van der Waals surface area contributed by atoms with Gasteiger partial charge in [0.25, 0.3) is 0 Å². The fourth-order valence-electron chi connectivity index (χ4n) is 2.45. The van der Waals surface area contributed by atoms with Crippen LogP contribution in [0.25, 0.3) is 5.69 Å². The Hall–Kier alpha value is -2.63. The minimum absolute atomic E-state index is 0.607. The molecule has 0 saturated carbocycles. The third kappa shape index (κ3) is 2.72. The number of hydrogen-bond acceptors (Lipinski definition) is 4. The summed E-state index contributed by atoms with van der Waals surface area (Å²) >= 11 is 0. The van der Waals surface area contributed by atoms with Gasteiger partial charge in [0.05, 0.1) is 17.9 Å². The zero-order valence-electron chi connectivity index (χ0n) is 13.1. The average molecular weight is 296 g/mol. The van der Waals surface area contributed by atoms with Gasteiger partial charge in [-0.05, 0) is 32.4 Å². The van der Waals surface area contributed by atoms with E-state index in [9.17, 15) is 0 Å². The normalized spacial score (nSPS) is 10.9. The van der Waals surface area contributed by atoms with Gasteiger partial charge in [-0.1, -0.05) is 25.1 Å². The number of para-hydroxylation sites is 1. The molecule has 0 radical (unpaired) electrons. The molecule has 3 rings (SSSR count). The first kappa shape index (κ1) is 14.3. The molecule has 0 aliphatic rings. The van der Waals surface area contributed by atoms with Crippen LogP contribution in [0.4, 0.5) is 5.82 Å². The van der Waals surface area contributed by atoms with Crippen molar-refractivity contribution in [2.45, 2.75) is 33.7 Å². The van der Waals surface area contributed by atoms with Crippen molar-refractivity contribution in [2.75, 3.05) is 5.32 Å². The predicted molar refractivity (Wildman–Crippen MR) is 86.1 cm³/mol. The smallest absolute Gasteiger partial charge is 0.151 e. The Bertz CT molecular complexity index is 756. The second-order valence-corrected chi connectivity index (χ2v) is 5.24. The lowest BCUT2D eigenvalue weighted by molar-refractivity contribution is 0.736. The van der Waals surface area contributed by atoms with Crippen LogP contribution in [0.15, 0.2) is 30.3 Å². The van der Waals surface area contributed by atoms with Crippen LogP contribution < -0.4 is 5.32 Å². The minimum Gasteiger partial charge on any atom is -0.363 e. The summed E-state index contributed by atoms with van der Waals surface area (Å²) in [5, 5.41) is 19.7. The molecular weight excluding hydrogens is 276 g/mol. The van der Waals surface area contributed by atoms with E-state index in [-0.39, 0.29) is 0 Å². The molecule has 0 aliphatic heterocycles. The topological polar surface area (TPSA) is 71.4 Å². The molecule has 0 spiro atoms. The zero-order valence-corrected chi connectivity index (χ0v) is 13.1. The van der Waals surface area contributed by atoms with Crippen molar-refractivity contribution in [2.24, 2.45) is 0 Å². The largest absolute Gasteiger partial charge is 0.363 e. The lowest BCUT2D eigenvalue weighted by atomic mass is 10.2. The van der Waals surface area contributed by atoms with E-state index in [2.05, 4.69) is 32.6 Å². The number of anilines is 1. The van der Waals surface area contributed by atoms with Crippen molar-refractivity contribution < 1.29 is 0 Å². The Labute approximate surface area is 129 Å². The van der Waals surface area contributed by atoms with Gasteiger partial charge >= 0.3 is 0 Å². The van der Waals surface area contributed by atoms with Crippen molar-refractivity contribution in [3.05, 3.63) is 53.0 Å². The average Bonchev–Trinajstić information content (AvgIpc) is 3.09. The first-order valence-electron chi connectivity index (χ1n) is 7.45. The Kier molecular flexibility index (Phi) is 3.91. The van der Waals surface area contributed by atoms with E-state index in [1.807, 2.05) is 44.2 Å². The highest BCUT2D eigenvalue weighted by Crippen LogP contribution is 2.17. The van der Waals surface area contributed by atoms with Crippen molar-refractivity contribution in [3.63, 3.8) is 0 Å². The van der Waals surface area contributed by atoms with Crippen LogP contribution in [-0.2, 0) is 13.0 Å². The number of nitrogens with zero attached hydrogens (tertiary/aromatic N) is 4. The molecule has 6 nitrogen and oxygen atoms in total. The fraction of sp³-hybridized carbons (Fsp3) is 0.312. The Morgan fingerprint density at radius 2 is 1.91 bits per heavy atom. The molecule has 2 aromatic heterocycles. The molecule has 114 valence electrons. The van der Waals surface area contributed by atoms with E-state index in [4.69, 9.17) is 0 Å². The third-order valence-corrected chi connectivity index (χ3v) is 3.72. The molecule has 1 aromatic carbocycles. The number of aryl methyl sites for hydroxylation is 2. The summed E-state index contributed by atoms with van der Waals surface area (Å²) < 4.78 is 0. The van der Waals surface area contributed by atoms with Crippen LogP contribution in [0, 0.1) is 13.8 Å². The number of hydrogen-bond donors (Lipinski definition) is 2. The van der Waals surface area contributed by atoms with E-state index in [1.165, 1.54) is 5.56 Å². The third-order valence-electron chi connectivity index (χ3n) is 3.72. The highest BCUT2D eigenvalue weighted by molar-refractivity contribution is 5.46. The van der Waals surface area contributed by atoms with Gasteiger partial charge in [0.2, 0.25) is 0 Å². The molecule has 0 saturated heterocycles. The van der Waals surface area contributed by atoms with Crippen LogP contribution in [-0.4, -0.2) is 25.2 Å². The lowest BCUT2D eigenvalue weighted by Crippen LogP contribution is -2.05. The summed E-state index contributed by atoms with van der Waals surface area (Å²) in [5.41, 5.74) is 5.12. The van der Waals surface area contributed by atoms with E-state index < -0.39 is 0 Å². The minimum atomic E-state index is 0.607. The molecule has 2 heterocycles. The molecule has 6 heteroatoms. The van der Waals surface area contributed by atoms with Gasteiger partial charge in [-0.2, -0.15) is 20.1 Å². The highest BCUT2D eigenvalue weighted by Gasteiger charge is 2.11. The molecule has 22 heavy (non-hydrogen) atoms. The van der Waals surface area contributed by atoms with Gasteiger partial charge in [0, 0.05) is 11.3 Å². The second-order valence-electron chi connectivity index (χ2n) is 5.24. The van der Waals surface area contributed by atoms with Gasteiger partial charge in [0.1, 0.15) is 5.69 Å². The molecule has 0 unspecified atom stereocenters. The quantitative estimate of drug-likeness (QED) is 0.759. The number of nitrogens with one attached hydrogen (secondary N) is 2. The Morgan fingerprint density at radius 3 is 2.64 bits per heavy atom. The van der Waals surface area contributed by atoms with Crippen LogP contribution >= 0.6 is 0 Å². The van der Waals surface area contributed by atoms with Crippen molar-refractivity contribution in [3.8, 4) is 5.69 Å². The maximum absolute atomic E-state index is 4.56. The van der Waals surface area contributed by atoms with Gasteiger partial charge in [-0.15, -0.1) is 0 Å². The standard InChI is InChI=1S/C16H20N6/c1-4-14-11(2)18-19-16(14)17-10-15-12(3)20-22(21-15)13-8-6-5-7-9-13/h5-9H,4,10H2,1-3H3,(H2,17,18,19). The summed E-state index contributed by atoms with van der Waals surface area (Å²) in [6, 6.07) is 9.91. The maximum Gasteiger partial charge on any atom is 0.151 e. The molecule has 0 aliphatic carbocycles. The lowest BCUT2D eigenvalue weighted by Gasteiger charge is -2.03. The van der Waals surface area contributed by atoms with Crippen LogP contribution in [0.3, 0.4) is 0 Å². The number of aromatic amines is 1. The van der Waals surface area contributed by atoms with Gasteiger partial charge in [-0.25, -0.2) is 0 Å². The zero-order chi connectivity index (χ0) is 15.5. The monoisotopic (exact) mass is 296 g/mol. The number of H-pyrrole nitrogens is 1. The fourth-order valence-corrected chi connectivity index (χ4v) is 2.45. The van der Waals surface area contributed by atoms with Crippen LogP contribution in [0.1, 0.15) is 29.6 Å². The molecule has 2 N–H and O–H groups in total. The van der Waals surface area contributed by atoms with Gasteiger partial charge in [0.15, 0.2) is 5.82 Å². The predicted octanol–water partition coefficient (Wildman–Crippen LogP) is 2.78. The molecular formula is C16H20N6. The van der Waals surface area contributed by atoms with Gasteiger partial charge < -0.3 is 5.32 Å². The second kappa shape index (κ2) is 6.01. The molecule has 0 bridgehead atoms. The molecule has 3 aromatic rings. The number of aromatic nitrogens is 5. The first-order valence-corrected chi connectivity index (χ1v) is 7.45. The number of rotatable bonds is 5. The summed E-state index contributed by atoms with van der Waals surface area (Å²) in [5.74, 6) is 0.897. The van der Waals surface area contributed by atoms with Gasteiger partial charge in [-0.3, -0.25) is 5.10 Å². The number of benzene rings is 1. The van der Waals surface area contributed by atoms with E-state index in [1.54, 1.807) is 4.80 Å².